The lowest BCUT2D eigenvalue weighted by molar-refractivity contribution is 0.586. The van der Waals surface area contributed by atoms with Gasteiger partial charge in [0.1, 0.15) is 0 Å². The molecule has 34 heavy (non-hydrogen) atoms. The molecule has 0 radical (unpaired) electrons. The molecule has 0 aromatic carbocycles. The fourth-order valence-corrected chi connectivity index (χ4v) is 13.0. The number of hydrogen-bond acceptors (Lipinski definition) is 8. The van der Waals surface area contributed by atoms with Crippen molar-refractivity contribution in [1.29, 1.82) is 0 Å². The summed E-state index contributed by atoms with van der Waals surface area (Å²) in [6, 6.07) is 0. The highest BCUT2D eigenvalue weighted by molar-refractivity contribution is 8.43. The zero-order valence-corrected chi connectivity index (χ0v) is 27.5. The van der Waals surface area contributed by atoms with Crippen molar-refractivity contribution in [3.05, 3.63) is 25.4 Å². The molecule has 0 aromatic rings. The third kappa shape index (κ3) is 13.5. The van der Waals surface area contributed by atoms with E-state index in [1.165, 1.54) is 131 Å². The van der Waals surface area contributed by atoms with Gasteiger partial charge >= 0.3 is 0 Å². The Labute approximate surface area is 247 Å². The van der Waals surface area contributed by atoms with Gasteiger partial charge < -0.3 is 25.3 Å². The molecular weight excluding hydrogens is 569 g/mol. The van der Waals surface area contributed by atoms with Crippen LogP contribution in [0.2, 0.25) is 0 Å². The summed E-state index contributed by atoms with van der Waals surface area (Å²) in [4.78, 5) is 0. The van der Waals surface area contributed by atoms with Gasteiger partial charge in [0.05, 0.1) is 16.9 Å². The Bertz CT molecular complexity index is 616. The van der Waals surface area contributed by atoms with E-state index in [1.807, 2.05) is 23.5 Å². The van der Waals surface area contributed by atoms with Crippen LogP contribution in [0, 0.1) is 0 Å². The molecule has 0 nitrogen and oxygen atoms in total. The monoisotopic (exact) mass is 610 g/mol. The summed E-state index contributed by atoms with van der Waals surface area (Å²) in [5.41, 5.74) is 0. The van der Waals surface area contributed by atoms with Gasteiger partial charge in [-0.3, -0.25) is 0 Å². The Morgan fingerprint density at radius 1 is 0.471 bits per heavy atom. The third-order valence-corrected chi connectivity index (χ3v) is 15.4. The van der Waals surface area contributed by atoms with Gasteiger partial charge in [-0.25, -0.2) is 0 Å². The Kier molecular flexibility index (Phi) is 19.5. The van der Waals surface area contributed by atoms with Crippen LogP contribution in [0.25, 0.3) is 0 Å². The zero-order valence-electron chi connectivity index (χ0n) is 21.0. The molecule has 2 aliphatic heterocycles. The highest BCUT2D eigenvalue weighted by Crippen LogP contribution is 2.63. The SMILES string of the molecule is CCCCCCCCCCSC1=C(SCCCCCCCCCC)SC(=C2SC([S-])=C([S-])S2)S1. The summed E-state index contributed by atoms with van der Waals surface area (Å²) in [6.07, 6.45) is 22.3. The summed E-state index contributed by atoms with van der Waals surface area (Å²) >= 11 is 22.4. The minimum absolute atomic E-state index is 0.886. The zero-order chi connectivity index (χ0) is 24.4. The quantitative estimate of drug-likeness (QED) is 0.0973. The van der Waals surface area contributed by atoms with Crippen LogP contribution in [0.1, 0.15) is 117 Å². The summed E-state index contributed by atoms with van der Waals surface area (Å²) < 4.78 is 7.57. The maximum absolute atomic E-state index is 5.42. The van der Waals surface area contributed by atoms with Crippen molar-refractivity contribution < 1.29 is 0 Å². The van der Waals surface area contributed by atoms with Crippen molar-refractivity contribution >= 4 is 95.8 Å². The van der Waals surface area contributed by atoms with E-state index in [0.717, 1.165) is 8.47 Å². The fourth-order valence-electron chi connectivity index (χ4n) is 3.69. The molecule has 196 valence electrons. The highest BCUT2D eigenvalue weighted by atomic mass is 32.3. The number of hydrogen-bond donors (Lipinski definition) is 0. The first-order chi connectivity index (χ1) is 16.7. The standard InChI is InChI=1S/C26H44S8/c1-3-5-7-9-11-13-15-17-19-29-23-24(30-20-18-16-14-12-10-8-6-4-2)34-26(33-23)25-31-21(27)22(28)32-25/h27-28H,3-20H2,1-2H3/p-2. The van der Waals surface area contributed by atoms with Gasteiger partial charge in [-0.1, -0.05) is 127 Å². The van der Waals surface area contributed by atoms with Gasteiger partial charge in [0, 0.05) is 0 Å². The lowest BCUT2D eigenvalue weighted by atomic mass is 10.1. The molecule has 0 unspecified atom stereocenters. The topological polar surface area (TPSA) is 0 Å². The Morgan fingerprint density at radius 2 is 0.794 bits per heavy atom. The molecular formula is C26H42S8-2. The van der Waals surface area contributed by atoms with Crippen molar-refractivity contribution in [3.63, 3.8) is 0 Å². The third-order valence-electron chi connectivity index (χ3n) is 5.70. The predicted octanol–water partition coefficient (Wildman–Crippen LogP) is 12.2. The second-order valence-electron chi connectivity index (χ2n) is 8.78. The van der Waals surface area contributed by atoms with E-state index in [9.17, 15) is 0 Å². The summed E-state index contributed by atoms with van der Waals surface area (Å²) in [5, 5.41) is 0. The summed E-state index contributed by atoms with van der Waals surface area (Å²) in [7, 11) is 0. The van der Waals surface area contributed by atoms with Crippen LogP contribution >= 0.6 is 70.6 Å². The van der Waals surface area contributed by atoms with E-state index < -0.39 is 0 Å². The van der Waals surface area contributed by atoms with Gasteiger partial charge in [-0.05, 0) is 24.3 Å². The van der Waals surface area contributed by atoms with Crippen molar-refractivity contribution in [1.82, 2.24) is 0 Å². The van der Waals surface area contributed by atoms with Crippen LogP contribution in [-0.2, 0) is 25.3 Å². The van der Waals surface area contributed by atoms with E-state index in [2.05, 4.69) is 37.4 Å². The van der Waals surface area contributed by atoms with Crippen LogP contribution in [0.4, 0.5) is 0 Å². The van der Waals surface area contributed by atoms with Crippen LogP contribution < -0.4 is 0 Å². The van der Waals surface area contributed by atoms with Gasteiger partial charge in [0.25, 0.3) is 0 Å². The number of thioether (sulfide) groups is 6. The molecule has 2 heterocycles. The molecule has 0 bridgehead atoms. The van der Waals surface area contributed by atoms with Gasteiger partial charge in [0.15, 0.2) is 0 Å². The normalized spacial score (nSPS) is 16.5. The maximum atomic E-state index is 5.42. The average molecular weight is 611 g/mol. The molecule has 0 spiro atoms. The Morgan fingerprint density at radius 3 is 1.18 bits per heavy atom. The molecule has 0 saturated heterocycles. The summed E-state index contributed by atoms with van der Waals surface area (Å²) in [6.45, 7) is 4.59. The molecule has 8 heteroatoms. The van der Waals surface area contributed by atoms with Crippen molar-refractivity contribution in [2.45, 2.75) is 117 Å². The van der Waals surface area contributed by atoms with Crippen molar-refractivity contribution in [2.24, 2.45) is 0 Å². The van der Waals surface area contributed by atoms with E-state index in [1.54, 1.807) is 23.5 Å². The molecule has 2 aliphatic rings. The van der Waals surface area contributed by atoms with Crippen LogP contribution in [0.5, 0.6) is 0 Å². The van der Waals surface area contributed by atoms with Gasteiger partial charge in [-0.2, -0.15) is 0 Å². The first-order valence-electron chi connectivity index (χ1n) is 13.2. The summed E-state index contributed by atoms with van der Waals surface area (Å²) in [5.74, 6) is 2.50. The van der Waals surface area contributed by atoms with Crippen LogP contribution in [0.15, 0.2) is 25.4 Å². The molecule has 0 fully saturated rings. The van der Waals surface area contributed by atoms with Crippen molar-refractivity contribution in [3.8, 4) is 0 Å². The first-order valence-corrected chi connectivity index (χ1v) is 19.2. The molecule has 0 aromatic heterocycles. The van der Waals surface area contributed by atoms with Crippen molar-refractivity contribution in [2.75, 3.05) is 11.5 Å². The smallest absolute Gasteiger partial charge is 0.0716 e. The van der Waals surface area contributed by atoms with E-state index >= 15 is 0 Å². The second kappa shape index (κ2) is 20.7. The van der Waals surface area contributed by atoms with Crippen LogP contribution in [-0.4, -0.2) is 11.5 Å². The van der Waals surface area contributed by atoms with Gasteiger partial charge in [0.2, 0.25) is 0 Å². The highest BCUT2D eigenvalue weighted by Gasteiger charge is 2.26. The molecule has 0 aliphatic carbocycles. The lowest BCUT2D eigenvalue weighted by Crippen LogP contribution is -1.85. The molecule has 2 rings (SSSR count). The Balaban J connectivity index is 1.71. The van der Waals surface area contributed by atoms with E-state index in [4.69, 9.17) is 25.3 Å². The maximum Gasteiger partial charge on any atom is 0.0716 e. The first kappa shape index (κ1) is 32.0. The average Bonchev–Trinajstić information content (AvgIpc) is 3.39. The minimum atomic E-state index is 0.886. The Hall–Kier alpha value is 1.76. The lowest BCUT2D eigenvalue weighted by Gasteiger charge is -2.11. The molecule has 0 atom stereocenters. The number of unbranched alkanes of at least 4 members (excludes halogenated alkanes) is 14. The largest absolute Gasteiger partial charge is 0.774 e. The van der Waals surface area contributed by atoms with E-state index in [-0.39, 0.29) is 0 Å². The van der Waals surface area contributed by atoms with Gasteiger partial charge in [-0.15, -0.1) is 55.5 Å². The predicted molar refractivity (Wildman–Crippen MR) is 176 cm³/mol. The number of rotatable bonds is 20. The molecule has 0 N–H and O–H groups in total. The molecule has 0 amide bonds. The fraction of sp³-hybridized carbons (Fsp3) is 0.769. The minimum Gasteiger partial charge on any atom is -0.774 e. The van der Waals surface area contributed by atoms with Crippen LogP contribution in [0.3, 0.4) is 0 Å². The molecule has 0 saturated carbocycles. The van der Waals surface area contributed by atoms with E-state index in [0.29, 0.717) is 0 Å². The second-order valence-corrected chi connectivity index (χ2v) is 17.4.